The van der Waals surface area contributed by atoms with Crippen molar-refractivity contribution in [3.63, 3.8) is 0 Å². The number of nitrogens with one attached hydrogen (secondary N) is 1. The van der Waals surface area contributed by atoms with Gasteiger partial charge in [0.05, 0.1) is 6.54 Å². The highest BCUT2D eigenvalue weighted by molar-refractivity contribution is 8.00. The van der Waals surface area contributed by atoms with Gasteiger partial charge in [0.25, 0.3) is 5.91 Å². The van der Waals surface area contributed by atoms with Gasteiger partial charge in [-0.15, -0.1) is 0 Å². The maximum Gasteiger partial charge on any atom is 0.251 e. The fraction of sp³-hybridized carbons (Fsp3) is 0.500. The lowest BCUT2D eigenvalue weighted by Crippen LogP contribution is -2.44. The number of carbonyl (C=O) groups excluding carboxylic acids is 1. The predicted molar refractivity (Wildman–Crippen MR) is 95.5 cm³/mol. The van der Waals surface area contributed by atoms with Gasteiger partial charge in [0.1, 0.15) is 0 Å². The number of nitrogens with zero attached hydrogens (tertiary/aromatic N) is 5. The first-order valence-electron chi connectivity index (χ1n) is 7.94. The van der Waals surface area contributed by atoms with Crippen molar-refractivity contribution < 1.29 is 4.79 Å². The molecule has 2 aromatic rings. The minimum atomic E-state index is -0.0939. The van der Waals surface area contributed by atoms with Crippen LogP contribution in [0.5, 0.6) is 0 Å². The third-order valence-electron chi connectivity index (χ3n) is 3.97. The fourth-order valence-electron chi connectivity index (χ4n) is 2.84. The van der Waals surface area contributed by atoms with Gasteiger partial charge >= 0.3 is 0 Å². The number of thioether (sulfide) groups is 1. The first-order valence-corrected chi connectivity index (χ1v) is 8.93. The summed E-state index contributed by atoms with van der Waals surface area (Å²) in [5.41, 5.74) is 1.63. The fourth-order valence-corrected chi connectivity index (χ4v) is 3.96. The van der Waals surface area contributed by atoms with Crippen LogP contribution < -0.4 is 10.2 Å². The van der Waals surface area contributed by atoms with E-state index in [4.69, 9.17) is 0 Å². The zero-order valence-electron chi connectivity index (χ0n) is 14.2. The average Bonchev–Trinajstić information content (AvgIpc) is 3.01. The van der Waals surface area contributed by atoms with Gasteiger partial charge in [0, 0.05) is 36.2 Å². The van der Waals surface area contributed by atoms with E-state index in [1.165, 1.54) is 0 Å². The molecule has 0 saturated carbocycles. The minimum absolute atomic E-state index is 0.0939. The Morgan fingerprint density at radius 1 is 1.42 bits per heavy atom. The quantitative estimate of drug-likeness (QED) is 0.902. The summed E-state index contributed by atoms with van der Waals surface area (Å²) in [7, 11) is 1.63. The third kappa shape index (κ3) is 3.69. The summed E-state index contributed by atoms with van der Waals surface area (Å²) < 4.78 is 1.99. The molecule has 0 radical (unpaired) electrons. The topological polar surface area (TPSA) is 75.9 Å². The third-order valence-corrected chi connectivity index (χ3v) is 5.27. The summed E-state index contributed by atoms with van der Waals surface area (Å²) in [5.74, 6) is 1.75. The van der Waals surface area contributed by atoms with Crippen molar-refractivity contribution in [3.8, 4) is 0 Å². The number of benzene rings is 1. The lowest BCUT2D eigenvalue weighted by Gasteiger charge is -2.37. The van der Waals surface area contributed by atoms with Crippen LogP contribution in [-0.2, 0) is 6.54 Å². The van der Waals surface area contributed by atoms with Gasteiger partial charge in [-0.1, -0.05) is 17.2 Å². The highest BCUT2D eigenvalue weighted by Crippen LogP contribution is 2.31. The van der Waals surface area contributed by atoms with Crippen LogP contribution >= 0.6 is 11.8 Å². The van der Waals surface area contributed by atoms with E-state index >= 15 is 0 Å². The number of hydrogen-bond donors (Lipinski definition) is 1. The Kier molecular flexibility index (Phi) is 4.75. The van der Waals surface area contributed by atoms with E-state index in [1.807, 2.05) is 30.0 Å². The molecule has 1 aromatic heterocycles. The van der Waals surface area contributed by atoms with Gasteiger partial charge in [-0.2, -0.15) is 11.8 Å². The van der Waals surface area contributed by atoms with Crippen LogP contribution in [0.3, 0.4) is 0 Å². The number of rotatable bonds is 4. The number of aromatic nitrogens is 4. The number of carbonyl (C=O) groups is 1. The maximum absolute atomic E-state index is 11.8. The van der Waals surface area contributed by atoms with Crippen LogP contribution in [0, 0.1) is 0 Å². The molecule has 1 N–H and O–H groups in total. The summed E-state index contributed by atoms with van der Waals surface area (Å²) in [6, 6.07) is 7.53. The van der Waals surface area contributed by atoms with Crippen molar-refractivity contribution in [2.75, 3.05) is 30.8 Å². The number of anilines is 1. The predicted octanol–water partition coefficient (Wildman–Crippen LogP) is 1.41. The van der Waals surface area contributed by atoms with Crippen LogP contribution in [0.1, 0.15) is 29.8 Å². The van der Waals surface area contributed by atoms with Gasteiger partial charge in [0.15, 0.2) is 0 Å². The molecule has 3 rings (SSSR count). The Bertz CT molecular complexity index is 729. The van der Waals surface area contributed by atoms with Crippen LogP contribution in [0.15, 0.2) is 24.3 Å². The summed E-state index contributed by atoms with van der Waals surface area (Å²) in [6.45, 7) is 6.87. The zero-order valence-corrected chi connectivity index (χ0v) is 15.0. The number of amides is 1. The maximum atomic E-state index is 11.8. The summed E-state index contributed by atoms with van der Waals surface area (Å²) in [4.78, 5) is 14.0. The lowest BCUT2D eigenvalue weighted by atomic mass is 10.1. The SMILES string of the molecule is CNC(=O)c1cccc(Cn2nnnc2N2CCSC(C)(C)C2)c1. The van der Waals surface area contributed by atoms with E-state index in [1.54, 1.807) is 17.8 Å². The Balaban J connectivity index is 1.80. The lowest BCUT2D eigenvalue weighted by molar-refractivity contribution is 0.0963. The second-order valence-electron chi connectivity index (χ2n) is 6.45. The van der Waals surface area contributed by atoms with Crippen molar-refractivity contribution in [1.29, 1.82) is 0 Å². The Labute approximate surface area is 145 Å². The van der Waals surface area contributed by atoms with Crippen LogP contribution in [-0.4, -0.2) is 56.8 Å². The van der Waals surface area contributed by atoms with E-state index in [-0.39, 0.29) is 10.7 Å². The van der Waals surface area contributed by atoms with E-state index in [2.05, 4.69) is 39.6 Å². The molecule has 1 amide bonds. The largest absolute Gasteiger partial charge is 0.355 e. The van der Waals surface area contributed by atoms with Gasteiger partial charge in [-0.25, -0.2) is 4.68 Å². The molecule has 1 aliphatic rings. The molecule has 1 aliphatic heterocycles. The highest BCUT2D eigenvalue weighted by Gasteiger charge is 2.29. The van der Waals surface area contributed by atoms with E-state index in [0.717, 1.165) is 30.4 Å². The number of tetrazole rings is 1. The van der Waals surface area contributed by atoms with Crippen molar-refractivity contribution in [3.05, 3.63) is 35.4 Å². The number of hydrogen-bond acceptors (Lipinski definition) is 6. The second-order valence-corrected chi connectivity index (χ2v) is 8.25. The molecule has 2 heterocycles. The first kappa shape index (κ1) is 16.8. The van der Waals surface area contributed by atoms with Gasteiger partial charge in [0.2, 0.25) is 5.95 Å². The molecule has 0 atom stereocenters. The summed E-state index contributed by atoms with van der Waals surface area (Å²) >= 11 is 1.97. The van der Waals surface area contributed by atoms with Crippen molar-refractivity contribution in [1.82, 2.24) is 25.5 Å². The normalized spacial score (nSPS) is 16.9. The standard InChI is InChI=1S/C16H22N6OS/c1-16(2)11-21(7-8-24-16)15-18-19-20-22(15)10-12-5-4-6-13(9-12)14(23)17-3/h4-6,9H,7-8,10-11H2,1-3H3,(H,17,23). The van der Waals surface area contributed by atoms with Crippen molar-refractivity contribution in [2.45, 2.75) is 25.1 Å². The molecule has 128 valence electrons. The Morgan fingerprint density at radius 3 is 3.00 bits per heavy atom. The molecule has 1 aromatic carbocycles. The van der Waals surface area contributed by atoms with Gasteiger partial charge in [-0.3, -0.25) is 4.79 Å². The molecule has 1 saturated heterocycles. The van der Waals surface area contributed by atoms with Crippen LogP contribution in [0.4, 0.5) is 5.95 Å². The molecular weight excluding hydrogens is 324 g/mol. The molecule has 0 aliphatic carbocycles. The molecule has 24 heavy (non-hydrogen) atoms. The smallest absolute Gasteiger partial charge is 0.251 e. The van der Waals surface area contributed by atoms with E-state index in [9.17, 15) is 4.79 Å². The van der Waals surface area contributed by atoms with Gasteiger partial charge in [-0.05, 0) is 42.0 Å². The molecule has 1 fully saturated rings. The summed E-state index contributed by atoms with van der Waals surface area (Å²) in [6.07, 6.45) is 0. The molecular formula is C16H22N6OS. The molecule has 8 heteroatoms. The Hall–Kier alpha value is -2.09. The summed E-state index contributed by atoms with van der Waals surface area (Å²) in [5, 5.41) is 14.8. The minimum Gasteiger partial charge on any atom is -0.355 e. The van der Waals surface area contributed by atoms with Crippen molar-refractivity contribution >= 4 is 23.6 Å². The molecule has 7 nitrogen and oxygen atoms in total. The second kappa shape index (κ2) is 6.80. The molecule has 0 unspecified atom stereocenters. The Morgan fingerprint density at radius 2 is 2.25 bits per heavy atom. The monoisotopic (exact) mass is 346 g/mol. The van der Waals surface area contributed by atoms with E-state index in [0.29, 0.717) is 12.1 Å². The van der Waals surface area contributed by atoms with Gasteiger partial charge < -0.3 is 10.2 Å². The van der Waals surface area contributed by atoms with Crippen molar-refractivity contribution in [2.24, 2.45) is 0 Å². The highest BCUT2D eigenvalue weighted by atomic mass is 32.2. The molecule has 0 spiro atoms. The first-order chi connectivity index (χ1) is 11.5. The zero-order chi connectivity index (χ0) is 17.2. The van der Waals surface area contributed by atoms with Crippen LogP contribution in [0.2, 0.25) is 0 Å². The molecule has 0 bridgehead atoms. The van der Waals surface area contributed by atoms with Crippen LogP contribution in [0.25, 0.3) is 0 Å². The van der Waals surface area contributed by atoms with E-state index < -0.39 is 0 Å². The average molecular weight is 346 g/mol.